The maximum atomic E-state index is 13.7. The van der Waals surface area contributed by atoms with Gasteiger partial charge in [-0.05, 0) is 42.7 Å². The predicted molar refractivity (Wildman–Crippen MR) is 100 cm³/mol. The lowest BCUT2D eigenvalue weighted by Gasteiger charge is -2.09. The van der Waals surface area contributed by atoms with Gasteiger partial charge < -0.3 is 15.5 Å². The lowest BCUT2D eigenvalue weighted by atomic mass is 10.0. The summed E-state index contributed by atoms with van der Waals surface area (Å²) in [5, 5.41) is 10.7. The number of nitrogens with two attached hydrogens (primary N) is 1. The number of nitrogens with zero attached hydrogens (tertiary/aromatic N) is 2. The Morgan fingerprint density at radius 2 is 1.96 bits per heavy atom. The first-order chi connectivity index (χ1) is 12.9. The fraction of sp³-hybridized carbons (Fsp3) is 0.250. The van der Waals surface area contributed by atoms with Gasteiger partial charge in [0.25, 0.3) is 5.91 Å². The maximum Gasteiger partial charge on any atom is 0.258 e. The minimum absolute atomic E-state index is 0.0253. The number of rotatable bonds is 6. The Morgan fingerprint density at radius 3 is 2.70 bits per heavy atom. The summed E-state index contributed by atoms with van der Waals surface area (Å²) in [5.41, 5.74) is 7.18. The number of nitrogens with one attached hydrogen (secondary N) is 1. The molecular weight excluding hydrogens is 347 g/mol. The highest BCUT2D eigenvalue weighted by molar-refractivity contribution is 6.04. The molecule has 0 aliphatic carbocycles. The van der Waals surface area contributed by atoms with Gasteiger partial charge in [-0.3, -0.25) is 4.79 Å². The molecule has 0 aliphatic heterocycles. The number of carbonyl (C=O) groups excluding carboxylic acids is 1. The number of carbonyl (C=O) groups is 1. The van der Waals surface area contributed by atoms with Crippen molar-refractivity contribution in [2.75, 3.05) is 5.32 Å². The standard InChI is InChI=1S/C20H21FN4O2/c1-12(2)10-17(22)20-25-24-19(27-20)13-6-5-7-14(11-13)23-18(26)15-8-3-4-9-16(15)21/h3-9,11-12,17H,10,22H2,1-2H3,(H,23,26). The number of aromatic nitrogens is 2. The van der Waals surface area contributed by atoms with Crippen LogP contribution in [0.1, 0.15) is 42.6 Å². The Bertz CT molecular complexity index is 939. The fourth-order valence-corrected chi connectivity index (χ4v) is 2.68. The van der Waals surface area contributed by atoms with Crippen molar-refractivity contribution in [2.24, 2.45) is 11.7 Å². The van der Waals surface area contributed by atoms with Crippen LogP contribution in [0, 0.1) is 11.7 Å². The van der Waals surface area contributed by atoms with Gasteiger partial charge in [0.15, 0.2) is 0 Å². The van der Waals surface area contributed by atoms with Crippen molar-refractivity contribution in [2.45, 2.75) is 26.3 Å². The fourth-order valence-electron chi connectivity index (χ4n) is 2.68. The van der Waals surface area contributed by atoms with Crippen molar-refractivity contribution in [1.29, 1.82) is 0 Å². The van der Waals surface area contributed by atoms with Gasteiger partial charge in [0.1, 0.15) is 5.82 Å². The second-order valence-electron chi connectivity index (χ2n) is 6.70. The molecule has 0 bridgehead atoms. The number of amides is 1. The van der Waals surface area contributed by atoms with Gasteiger partial charge in [-0.2, -0.15) is 0 Å². The molecule has 3 aromatic rings. The lowest BCUT2D eigenvalue weighted by Crippen LogP contribution is -2.13. The molecular formula is C20H21FN4O2. The maximum absolute atomic E-state index is 13.7. The predicted octanol–water partition coefficient (Wildman–Crippen LogP) is 4.17. The molecule has 1 aromatic heterocycles. The van der Waals surface area contributed by atoms with Crippen LogP contribution in [0.15, 0.2) is 52.9 Å². The van der Waals surface area contributed by atoms with Gasteiger partial charge in [0.2, 0.25) is 11.8 Å². The summed E-state index contributed by atoms with van der Waals surface area (Å²) in [5.74, 6) is -0.0137. The second-order valence-corrected chi connectivity index (χ2v) is 6.70. The summed E-state index contributed by atoms with van der Waals surface area (Å²) in [4.78, 5) is 12.3. The van der Waals surface area contributed by atoms with E-state index in [-0.39, 0.29) is 11.6 Å². The summed E-state index contributed by atoms with van der Waals surface area (Å²) in [6, 6.07) is 12.4. The summed E-state index contributed by atoms with van der Waals surface area (Å²) in [6.45, 7) is 4.14. The van der Waals surface area contributed by atoms with E-state index in [1.165, 1.54) is 18.2 Å². The number of benzene rings is 2. The lowest BCUT2D eigenvalue weighted by molar-refractivity contribution is 0.102. The number of anilines is 1. The van der Waals surface area contributed by atoms with E-state index in [2.05, 4.69) is 29.4 Å². The SMILES string of the molecule is CC(C)CC(N)c1nnc(-c2cccc(NC(=O)c3ccccc3F)c2)o1. The molecule has 2 aromatic carbocycles. The van der Waals surface area contributed by atoms with E-state index < -0.39 is 11.7 Å². The molecule has 1 atom stereocenters. The molecule has 1 unspecified atom stereocenters. The average molecular weight is 368 g/mol. The molecule has 3 rings (SSSR count). The smallest absolute Gasteiger partial charge is 0.258 e. The third-order valence-electron chi connectivity index (χ3n) is 3.97. The van der Waals surface area contributed by atoms with E-state index in [9.17, 15) is 9.18 Å². The van der Waals surface area contributed by atoms with Crippen LogP contribution in [0.2, 0.25) is 0 Å². The van der Waals surface area contributed by atoms with Crippen molar-refractivity contribution in [1.82, 2.24) is 10.2 Å². The Kier molecular flexibility index (Phi) is 5.61. The zero-order valence-electron chi connectivity index (χ0n) is 15.1. The Hall–Kier alpha value is -3.06. The van der Waals surface area contributed by atoms with Gasteiger partial charge in [-0.1, -0.05) is 32.0 Å². The van der Waals surface area contributed by atoms with Crippen LogP contribution in [-0.4, -0.2) is 16.1 Å². The van der Waals surface area contributed by atoms with E-state index in [1.54, 1.807) is 30.3 Å². The van der Waals surface area contributed by atoms with E-state index >= 15 is 0 Å². The van der Waals surface area contributed by atoms with Crippen molar-refractivity contribution >= 4 is 11.6 Å². The average Bonchev–Trinajstić information content (AvgIpc) is 3.12. The molecule has 27 heavy (non-hydrogen) atoms. The van der Waals surface area contributed by atoms with Crippen LogP contribution >= 0.6 is 0 Å². The number of hydrogen-bond acceptors (Lipinski definition) is 5. The van der Waals surface area contributed by atoms with Crippen LogP contribution < -0.4 is 11.1 Å². The first-order valence-electron chi connectivity index (χ1n) is 8.69. The minimum Gasteiger partial charge on any atom is -0.419 e. The van der Waals surface area contributed by atoms with Gasteiger partial charge in [0.05, 0.1) is 11.6 Å². The van der Waals surface area contributed by atoms with Crippen molar-refractivity contribution in [3.63, 3.8) is 0 Å². The van der Waals surface area contributed by atoms with Crippen LogP contribution in [0.5, 0.6) is 0 Å². The summed E-state index contributed by atoms with van der Waals surface area (Å²) in [6.07, 6.45) is 0.736. The van der Waals surface area contributed by atoms with Gasteiger partial charge in [-0.25, -0.2) is 4.39 Å². The summed E-state index contributed by atoms with van der Waals surface area (Å²) < 4.78 is 19.4. The minimum atomic E-state index is -0.577. The van der Waals surface area contributed by atoms with Crippen molar-refractivity contribution in [3.05, 3.63) is 65.8 Å². The highest BCUT2D eigenvalue weighted by atomic mass is 19.1. The first-order valence-corrected chi connectivity index (χ1v) is 8.69. The molecule has 0 spiro atoms. The molecule has 1 heterocycles. The first kappa shape index (κ1) is 18.7. The van der Waals surface area contributed by atoms with Crippen molar-refractivity contribution in [3.8, 4) is 11.5 Å². The molecule has 3 N–H and O–H groups in total. The molecule has 0 saturated carbocycles. The molecule has 1 amide bonds. The Labute approximate surface area is 156 Å². The normalized spacial score (nSPS) is 12.2. The van der Waals surface area contributed by atoms with E-state index in [1.807, 2.05) is 0 Å². The Balaban J connectivity index is 1.77. The van der Waals surface area contributed by atoms with Crippen LogP contribution in [0.4, 0.5) is 10.1 Å². The summed E-state index contributed by atoms with van der Waals surface area (Å²) in [7, 11) is 0. The molecule has 0 fully saturated rings. The monoisotopic (exact) mass is 368 g/mol. The molecule has 0 radical (unpaired) electrons. The van der Waals surface area contributed by atoms with Crippen LogP contribution in [-0.2, 0) is 0 Å². The number of halogens is 1. The van der Waals surface area contributed by atoms with Crippen LogP contribution in [0.25, 0.3) is 11.5 Å². The highest BCUT2D eigenvalue weighted by Crippen LogP contribution is 2.25. The quantitative estimate of drug-likeness (QED) is 0.681. The van der Waals surface area contributed by atoms with E-state index in [4.69, 9.17) is 10.2 Å². The summed E-state index contributed by atoms with van der Waals surface area (Å²) >= 11 is 0. The zero-order valence-corrected chi connectivity index (χ0v) is 15.1. The molecule has 7 heteroatoms. The van der Waals surface area contributed by atoms with Gasteiger partial charge in [-0.15, -0.1) is 10.2 Å². The number of hydrogen-bond donors (Lipinski definition) is 2. The van der Waals surface area contributed by atoms with Crippen molar-refractivity contribution < 1.29 is 13.6 Å². The van der Waals surface area contributed by atoms with E-state index in [0.717, 1.165) is 6.42 Å². The highest BCUT2D eigenvalue weighted by Gasteiger charge is 2.17. The Morgan fingerprint density at radius 1 is 1.19 bits per heavy atom. The van der Waals surface area contributed by atoms with E-state index in [0.29, 0.717) is 29.0 Å². The largest absolute Gasteiger partial charge is 0.419 e. The molecule has 0 aliphatic rings. The molecule has 140 valence electrons. The van der Waals surface area contributed by atoms with Gasteiger partial charge in [0, 0.05) is 11.3 Å². The third-order valence-corrected chi connectivity index (χ3v) is 3.97. The van der Waals surface area contributed by atoms with Crippen LogP contribution in [0.3, 0.4) is 0 Å². The van der Waals surface area contributed by atoms with Gasteiger partial charge >= 0.3 is 0 Å². The topological polar surface area (TPSA) is 94.0 Å². The molecule has 6 nitrogen and oxygen atoms in total. The third kappa shape index (κ3) is 4.57. The zero-order chi connectivity index (χ0) is 19.4. The molecule has 0 saturated heterocycles. The second kappa shape index (κ2) is 8.09.